The van der Waals surface area contributed by atoms with Crippen molar-refractivity contribution in [2.24, 2.45) is 0 Å². The van der Waals surface area contributed by atoms with Crippen molar-refractivity contribution in [2.45, 2.75) is 19.3 Å². The number of halogens is 2. The van der Waals surface area contributed by atoms with Crippen molar-refractivity contribution in [1.29, 1.82) is 0 Å². The van der Waals surface area contributed by atoms with Crippen molar-refractivity contribution in [1.82, 2.24) is 0 Å². The number of rotatable bonds is 12. The molecule has 0 amide bonds. The van der Waals surface area contributed by atoms with Gasteiger partial charge in [0.15, 0.2) is 0 Å². The van der Waals surface area contributed by atoms with Crippen LogP contribution in [0.5, 0.6) is 0 Å². The molecule has 1 aromatic rings. The van der Waals surface area contributed by atoms with E-state index in [-0.39, 0.29) is 24.6 Å². The van der Waals surface area contributed by atoms with Gasteiger partial charge >= 0.3 is 11.9 Å². The fraction of sp³-hybridized carbons (Fsp3) is 0.474. The minimum Gasteiger partial charge on any atom is -0.466 e. The molecule has 0 saturated heterocycles. The Morgan fingerprint density at radius 1 is 1.12 bits per heavy atom. The standard InChI is InChI=1S/C19H25Cl2NO4/c1-15(19(24)25-2)14-26-18(23)5-3-4-16-6-8-17(9-7-16)22(12-10-20)13-11-21/h6-9H,1,3-5,10-14H2,2H3. The smallest absolute Gasteiger partial charge is 0.336 e. The first kappa shape index (κ1) is 22.3. The Morgan fingerprint density at radius 2 is 1.73 bits per heavy atom. The molecule has 0 fully saturated rings. The van der Waals surface area contributed by atoms with Gasteiger partial charge in [-0.1, -0.05) is 18.7 Å². The first-order valence-electron chi connectivity index (χ1n) is 8.39. The molecule has 0 aliphatic carbocycles. The number of ether oxygens (including phenoxy) is 2. The number of aryl methyl sites for hydroxylation is 1. The van der Waals surface area contributed by atoms with Crippen molar-refractivity contribution < 1.29 is 19.1 Å². The highest BCUT2D eigenvalue weighted by Crippen LogP contribution is 2.17. The van der Waals surface area contributed by atoms with Crippen LogP contribution in [-0.2, 0) is 25.5 Å². The maximum Gasteiger partial charge on any atom is 0.336 e. The second-order valence-corrected chi connectivity index (χ2v) is 6.40. The Balaban J connectivity index is 2.38. The molecule has 26 heavy (non-hydrogen) atoms. The number of carbonyl (C=O) groups excluding carboxylic acids is 2. The number of methoxy groups -OCH3 is 1. The zero-order chi connectivity index (χ0) is 19.4. The lowest BCUT2D eigenvalue weighted by Gasteiger charge is -2.23. The van der Waals surface area contributed by atoms with Crippen LogP contribution < -0.4 is 4.90 Å². The highest BCUT2D eigenvalue weighted by atomic mass is 35.5. The van der Waals surface area contributed by atoms with E-state index in [1.807, 2.05) is 24.3 Å². The van der Waals surface area contributed by atoms with E-state index < -0.39 is 5.97 Å². The van der Waals surface area contributed by atoms with Gasteiger partial charge in [-0.2, -0.15) is 0 Å². The average Bonchev–Trinajstić information content (AvgIpc) is 2.65. The van der Waals surface area contributed by atoms with Crippen LogP contribution in [-0.4, -0.2) is 50.5 Å². The van der Waals surface area contributed by atoms with E-state index in [1.54, 1.807) is 0 Å². The van der Waals surface area contributed by atoms with E-state index in [2.05, 4.69) is 16.2 Å². The van der Waals surface area contributed by atoms with E-state index in [1.165, 1.54) is 7.11 Å². The molecule has 0 radical (unpaired) electrons. The Labute approximate surface area is 164 Å². The first-order chi connectivity index (χ1) is 12.5. The number of hydrogen-bond acceptors (Lipinski definition) is 5. The maximum absolute atomic E-state index is 11.7. The first-order valence-corrected chi connectivity index (χ1v) is 9.46. The number of esters is 2. The quantitative estimate of drug-likeness (QED) is 0.304. The van der Waals surface area contributed by atoms with Crippen LogP contribution >= 0.6 is 23.2 Å². The average molecular weight is 402 g/mol. The topological polar surface area (TPSA) is 55.8 Å². The molecular weight excluding hydrogens is 377 g/mol. The summed E-state index contributed by atoms with van der Waals surface area (Å²) in [6, 6.07) is 8.14. The molecule has 0 spiro atoms. The molecule has 0 heterocycles. The van der Waals surface area contributed by atoms with E-state index in [4.69, 9.17) is 27.9 Å². The number of hydrogen-bond donors (Lipinski definition) is 0. The summed E-state index contributed by atoms with van der Waals surface area (Å²) in [5.74, 6) is 0.157. The third kappa shape index (κ3) is 8.11. The molecule has 7 heteroatoms. The molecule has 0 atom stereocenters. The summed E-state index contributed by atoms with van der Waals surface area (Å²) < 4.78 is 9.49. The summed E-state index contributed by atoms with van der Waals surface area (Å²) in [5, 5.41) is 0. The van der Waals surface area contributed by atoms with Crippen molar-refractivity contribution in [3.63, 3.8) is 0 Å². The van der Waals surface area contributed by atoms with Gasteiger partial charge < -0.3 is 14.4 Å². The van der Waals surface area contributed by atoms with Crippen LogP contribution in [0.1, 0.15) is 18.4 Å². The molecule has 0 aliphatic rings. The molecule has 1 aromatic carbocycles. The van der Waals surface area contributed by atoms with Gasteiger partial charge in [0.2, 0.25) is 0 Å². The fourth-order valence-corrected chi connectivity index (χ4v) is 2.74. The minimum atomic E-state index is -0.574. The minimum absolute atomic E-state index is 0.120. The summed E-state index contributed by atoms with van der Waals surface area (Å²) in [7, 11) is 1.26. The van der Waals surface area contributed by atoms with E-state index in [9.17, 15) is 9.59 Å². The summed E-state index contributed by atoms with van der Waals surface area (Å²) in [6.45, 7) is 4.85. The van der Waals surface area contributed by atoms with Gasteiger partial charge in [-0.3, -0.25) is 4.79 Å². The molecule has 5 nitrogen and oxygen atoms in total. The molecule has 1 rings (SSSR count). The lowest BCUT2D eigenvalue weighted by Crippen LogP contribution is -2.27. The summed E-state index contributed by atoms with van der Waals surface area (Å²) in [4.78, 5) is 25.0. The van der Waals surface area contributed by atoms with Gasteiger partial charge in [0, 0.05) is 37.0 Å². The van der Waals surface area contributed by atoms with E-state index in [0.29, 0.717) is 18.2 Å². The third-order valence-electron chi connectivity index (χ3n) is 3.74. The Kier molecular flexibility index (Phi) is 10.8. The lowest BCUT2D eigenvalue weighted by molar-refractivity contribution is -0.144. The van der Waals surface area contributed by atoms with E-state index >= 15 is 0 Å². The van der Waals surface area contributed by atoms with Crippen LogP contribution in [0.25, 0.3) is 0 Å². The molecular formula is C19H25Cl2NO4. The number of nitrogens with zero attached hydrogens (tertiary/aromatic N) is 1. The fourth-order valence-electron chi connectivity index (χ4n) is 2.33. The normalized spacial score (nSPS) is 10.3. The van der Waals surface area contributed by atoms with Gasteiger partial charge in [-0.25, -0.2) is 4.79 Å². The van der Waals surface area contributed by atoms with E-state index in [0.717, 1.165) is 30.8 Å². The zero-order valence-electron chi connectivity index (χ0n) is 15.0. The van der Waals surface area contributed by atoms with Crippen molar-refractivity contribution >= 4 is 40.8 Å². The highest BCUT2D eigenvalue weighted by molar-refractivity contribution is 6.18. The second-order valence-electron chi connectivity index (χ2n) is 5.64. The largest absolute Gasteiger partial charge is 0.466 e. The Hall–Kier alpha value is -1.72. The predicted molar refractivity (Wildman–Crippen MR) is 105 cm³/mol. The highest BCUT2D eigenvalue weighted by Gasteiger charge is 2.10. The summed E-state index contributed by atoms with van der Waals surface area (Å²) in [6.07, 6.45) is 1.70. The second kappa shape index (κ2) is 12.6. The van der Waals surface area contributed by atoms with Crippen molar-refractivity contribution in [3.8, 4) is 0 Å². The van der Waals surface area contributed by atoms with Crippen molar-refractivity contribution in [2.75, 3.05) is 43.5 Å². The molecule has 0 aliphatic heterocycles. The van der Waals surface area contributed by atoms with Crippen LogP contribution in [0.2, 0.25) is 0 Å². The monoisotopic (exact) mass is 401 g/mol. The molecule has 0 saturated carbocycles. The van der Waals surface area contributed by atoms with Crippen LogP contribution in [0.4, 0.5) is 5.69 Å². The lowest BCUT2D eigenvalue weighted by atomic mass is 10.1. The van der Waals surface area contributed by atoms with Gasteiger partial charge in [0.1, 0.15) is 6.61 Å². The maximum atomic E-state index is 11.7. The molecule has 0 unspecified atom stereocenters. The number of anilines is 1. The van der Waals surface area contributed by atoms with Gasteiger partial charge in [-0.05, 0) is 30.5 Å². The van der Waals surface area contributed by atoms with Gasteiger partial charge in [-0.15, -0.1) is 23.2 Å². The SMILES string of the molecule is C=C(COC(=O)CCCc1ccc(N(CCCl)CCCl)cc1)C(=O)OC. The Bertz CT molecular complexity index is 584. The number of alkyl halides is 2. The van der Waals surface area contributed by atoms with Crippen LogP contribution in [0.15, 0.2) is 36.4 Å². The predicted octanol–water partition coefficient (Wildman–Crippen LogP) is 3.57. The van der Waals surface area contributed by atoms with Crippen LogP contribution in [0.3, 0.4) is 0 Å². The summed E-state index contributed by atoms with van der Waals surface area (Å²) in [5.41, 5.74) is 2.34. The molecule has 144 valence electrons. The van der Waals surface area contributed by atoms with Crippen LogP contribution in [0, 0.1) is 0 Å². The van der Waals surface area contributed by atoms with Crippen molar-refractivity contribution in [3.05, 3.63) is 42.0 Å². The number of benzene rings is 1. The number of carbonyl (C=O) groups is 2. The zero-order valence-corrected chi connectivity index (χ0v) is 16.5. The third-order valence-corrected chi connectivity index (χ3v) is 4.08. The molecule has 0 N–H and O–H groups in total. The summed E-state index contributed by atoms with van der Waals surface area (Å²) >= 11 is 11.6. The molecule has 0 bridgehead atoms. The molecule has 0 aromatic heterocycles. The van der Waals surface area contributed by atoms with Gasteiger partial charge in [0.05, 0.1) is 12.7 Å². The Morgan fingerprint density at radius 3 is 2.27 bits per heavy atom. The van der Waals surface area contributed by atoms with Gasteiger partial charge in [0.25, 0.3) is 0 Å².